The van der Waals surface area contributed by atoms with E-state index in [1.165, 1.54) is 24.0 Å². The summed E-state index contributed by atoms with van der Waals surface area (Å²) >= 11 is 0. The summed E-state index contributed by atoms with van der Waals surface area (Å²) in [7, 11) is 0. The van der Waals surface area contributed by atoms with E-state index in [-0.39, 0.29) is 12.6 Å². The molecule has 6 nitrogen and oxygen atoms in total. The number of hydrazine groups is 1. The van der Waals surface area contributed by atoms with E-state index in [1.54, 1.807) is 0 Å². The Kier molecular flexibility index (Phi) is 3.53. The normalized spacial score (nSPS) is 17.3. The van der Waals surface area contributed by atoms with Gasteiger partial charge in [0.1, 0.15) is 12.4 Å². The van der Waals surface area contributed by atoms with Crippen LogP contribution in [0.25, 0.3) is 0 Å². The summed E-state index contributed by atoms with van der Waals surface area (Å²) < 4.78 is 0. The number of rotatable bonds is 3. The standard InChI is InChI=1S/C10H16N4O2/c15-8-14(13-4-2-1-3-5-13)10(16)9-6-11-7-12-9/h6-7,15H,1-5,8H2,(H,11,12). The summed E-state index contributed by atoms with van der Waals surface area (Å²) in [6.45, 7) is 1.35. The lowest BCUT2D eigenvalue weighted by Crippen LogP contribution is -2.49. The van der Waals surface area contributed by atoms with Gasteiger partial charge >= 0.3 is 0 Å². The number of aromatic amines is 1. The number of imidazole rings is 1. The number of aromatic nitrogens is 2. The van der Waals surface area contributed by atoms with Gasteiger partial charge < -0.3 is 10.1 Å². The Bertz CT molecular complexity index is 333. The Labute approximate surface area is 93.9 Å². The average Bonchev–Trinajstić information content (AvgIpc) is 2.85. The van der Waals surface area contributed by atoms with Gasteiger partial charge in [0, 0.05) is 13.1 Å². The molecule has 1 saturated heterocycles. The number of carbonyl (C=O) groups excluding carboxylic acids is 1. The Hall–Kier alpha value is -1.40. The average molecular weight is 224 g/mol. The van der Waals surface area contributed by atoms with E-state index in [2.05, 4.69) is 9.97 Å². The molecule has 1 aliphatic rings. The fraction of sp³-hybridized carbons (Fsp3) is 0.600. The van der Waals surface area contributed by atoms with Crippen molar-refractivity contribution in [2.24, 2.45) is 0 Å². The minimum absolute atomic E-state index is 0.234. The maximum Gasteiger partial charge on any atom is 0.288 e. The second kappa shape index (κ2) is 5.09. The zero-order chi connectivity index (χ0) is 11.4. The third-order valence-electron chi connectivity index (χ3n) is 2.77. The fourth-order valence-electron chi connectivity index (χ4n) is 1.91. The predicted octanol–water partition coefficient (Wildman–Crippen LogP) is 0.203. The number of hydrogen-bond donors (Lipinski definition) is 2. The first-order chi connectivity index (χ1) is 7.83. The lowest BCUT2D eigenvalue weighted by molar-refractivity contribution is -0.0642. The van der Waals surface area contributed by atoms with E-state index < -0.39 is 0 Å². The number of nitrogens with one attached hydrogen (secondary N) is 1. The van der Waals surface area contributed by atoms with E-state index in [0.717, 1.165) is 25.9 Å². The summed E-state index contributed by atoms with van der Waals surface area (Å²) in [5, 5.41) is 12.5. The first-order valence-electron chi connectivity index (χ1n) is 5.49. The number of piperidine rings is 1. The molecule has 6 heteroatoms. The highest BCUT2D eigenvalue weighted by Crippen LogP contribution is 2.13. The molecule has 0 radical (unpaired) electrons. The van der Waals surface area contributed by atoms with E-state index in [1.807, 2.05) is 5.01 Å². The third kappa shape index (κ3) is 2.23. The second-order valence-electron chi connectivity index (χ2n) is 3.83. The highest BCUT2D eigenvalue weighted by Gasteiger charge is 2.24. The van der Waals surface area contributed by atoms with Gasteiger partial charge in [-0.2, -0.15) is 0 Å². The van der Waals surface area contributed by atoms with Gasteiger partial charge in [-0.3, -0.25) is 4.79 Å². The van der Waals surface area contributed by atoms with Gasteiger partial charge in [-0.1, -0.05) is 6.42 Å². The summed E-state index contributed by atoms with van der Waals surface area (Å²) in [4.78, 5) is 18.5. The summed E-state index contributed by atoms with van der Waals surface area (Å²) in [5.41, 5.74) is 0.402. The SMILES string of the molecule is O=C(c1cnc[nH]1)N(CO)N1CCCCC1. The molecule has 2 rings (SSSR count). The molecule has 1 aromatic heterocycles. The molecule has 0 atom stereocenters. The molecule has 16 heavy (non-hydrogen) atoms. The van der Waals surface area contributed by atoms with Gasteiger partial charge in [-0.05, 0) is 12.8 Å². The van der Waals surface area contributed by atoms with Gasteiger partial charge in [0.05, 0.1) is 12.5 Å². The maximum atomic E-state index is 12.0. The van der Waals surface area contributed by atoms with Crippen molar-refractivity contribution >= 4 is 5.91 Å². The van der Waals surface area contributed by atoms with Crippen LogP contribution in [0, 0.1) is 0 Å². The van der Waals surface area contributed by atoms with Crippen LogP contribution in [0.15, 0.2) is 12.5 Å². The number of H-pyrrole nitrogens is 1. The van der Waals surface area contributed by atoms with Crippen LogP contribution in [0.4, 0.5) is 0 Å². The van der Waals surface area contributed by atoms with Crippen LogP contribution in [0.1, 0.15) is 29.8 Å². The molecule has 1 aromatic rings. The number of amides is 1. The molecule has 2 N–H and O–H groups in total. The fourth-order valence-corrected chi connectivity index (χ4v) is 1.91. The van der Waals surface area contributed by atoms with Gasteiger partial charge in [0.15, 0.2) is 0 Å². The van der Waals surface area contributed by atoms with Crippen molar-refractivity contribution in [3.63, 3.8) is 0 Å². The lowest BCUT2D eigenvalue weighted by Gasteiger charge is -2.35. The van der Waals surface area contributed by atoms with Crippen LogP contribution in [0.2, 0.25) is 0 Å². The molecule has 2 heterocycles. The molecule has 88 valence electrons. The molecule has 0 saturated carbocycles. The highest BCUT2D eigenvalue weighted by atomic mass is 16.3. The zero-order valence-electron chi connectivity index (χ0n) is 9.09. The molecule has 0 bridgehead atoms. The lowest BCUT2D eigenvalue weighted by atomic mass is 10.2. The first-order valence-corrected chi connectivity index (χ1v) is 5.49. The van der Waals surface area contributed by atoms with E-state index in [9.17, 15) is 9.90 Å². The van der Waals surface area contributed by atoms with Crippen molar-refractivity contribution < 1.29 is 9.90 Å². The second-order valence-corrected chi connectivity index (χ2v) is 3.83. The Morgan fingerprint density at radius 3 is 2.81 bits per heavy atom. The Morgan fingerprint density at radius 1 is 1.50 bits per heavy atom. The van der Waals surface area contributed by atoms with Crippen molar-refractivity contribution in [2.45, 2.75) is 19.3 Å². The number of hydrogen-bond acceptors (Lipinski definition) is 4. The van der Waals surface area contributed by atoms with Crippen molar-refractivity contribution in [3.05, 3.63) is 18.2 Å². The van der Waals surface area contributed by atoms with Crippen molar-refractivity contribution in [1.82, 2.24) is 20.0 Å². The van der Waals surface area contributed by atoms with Crippen LogP contribution >= 0.6 is 0 Å². The van der Waals surface area contributed by atoms with Gasteiger partial charge in [0.2, 0.25) is 0 Å². The largest absolute Gasteiger partial charge is 0.375 e. The van der Waals surface area contributed by atoms with E-state index >= 15 is 0 Å². The Balaban J connectivity index is 2.06. The van der Waals surface area contributed by atoms with E-state index in [0.29, 0.717) is 5.69 Å². The minimum Gasteiger partial charge on any atom is -0.375 e. The van der Waals surface area contributed by atoms with Crippen LogP contribution in [0.3, 0.4) is 0 Å². The third-order valence-corrected chi connectivity index (χ3v) is 2.77. The van der Waals surface area contributed by atoms with Crippen molar-refractivity contribution in [3.8, 4) is 0 Å². The highest BCUT2D eigenvalue weighted by molar-refractivity contribution is 5.91. The quantitative estimate of drug-likeness (QED) is 0.719. The first kappa shape index (κ1) is 11.1. The van der Waals surface area contributed by atoms with Crippen LogP contribution in [0.5, 0.6) is 0 Å². The molecule has 0 aliphatic carbocycles. The molecule has 0 spiro atoms. The summed E-state index contributed by atoms with van der Waals surface area (Å²) in [6.07, 6.45) is 6.24. The molecular weight excluding hydrogens is 208 g/mol. The number of nitrogens with zero attached hydrogens (tertiary/aromatic N) is 3. The zero-order valence-corrected chi connectivity index (χ0v) is 9.09. The number of aliphatic hydroxyl groups excluding tert-OH is 1. The molecule has 1 fully saturated rings. The van der Waals surface area contributed by atoms with Crippen molar-refractivity contribution in [1.29, 1.82) is 0 Å². The van der Waals surface area contributed by atoms with Gasteiger partial charge in [-0.15, -0.1) is 0 Å². The predicted molar refractivity (Wildman–Crippen MR) is 57.3 cm³/mol. The summed E-state index contributed by atoms with van der Waals surface area (Å²) in [5.74, 6) is -0.234. The number of aliphatic hydroxyl groups is 1. The minimum atomic E-state index is -0.294. The van der Waals surface area contributed by atoms with Crippen LogP contribution < -0.4 is 0 Å². The molecule has 1 aliphatic heterocycles. The maximum absolute atomic E-state index is 12.0. The van der Waals surface area contributed by atoms with Crippen LogP contribution in [-0.2, 0) is 0 Å². The molecule has 1 amide bonds. The monoisotopic (exact) mass is 224 g/mol. The molecule has 0 aromatic carbocycles. The van der Waals surface area contributed by atoms with E-state index in [4.69, 9.17) is 0 Å². The summed E-state index contributed by atoms with van der Waals surface area (Å²) in [6, 6.07) is 0. The number of carbonyl (C=O) groups is 1. The molecule has 0 unspecified atom stereocenters. The van der Waals surface area contributed by atoms with Gasteiger partial charge in [-0.25, -0.2) is 15.0 Å². The van der Waals surface area contributed by atoms with Gasteiger partial charge in [0.25, 0.3) is 5.91 Å². The van der Waals surface area contributed by atoms with Crippen molar-refractivity contribution in [2.75, 3.05) is 19.8 Å². The topological polar surface area (TPSA) is 72.5 Å². The Morgan fingerprint density at radius 2 is 2.25 bits per heavy atom. The molecular formula is C10H16N4O2. The van der Waals surface area contributed by atoms with Crippen LogP contribution in [-0.4, -0.2) is 50.8 Å². The smallest absolute Gasteiger partial charge is 0.288 e.